The Kier molecular flexibility index (Phi) is 4.97. The number of nitrogens with zero attached hydrogens (tertiary/aromatic N) is 5. The highest BCUT2D eigenvalue weighted by Crippen LogP contribution is 2.18. The highest BCUT2D eigenvalue weighted by atomic mass is 16.3. The van der Waals surface area contributed by atoms with Crippen molar-refractivity contribution in [3.05, 3.63) is 30.3 Å². The van der Waals surface area contributed by atoms with Gasteiger partial charge in [0, 0.05) is 13.1 Å². The quantitative estimate of drug-likeness (QED) is 0.821. The molecule has 1 aliphatic rings. The molecule has 7 heteroatoms. The molecule has 1 aliphatic heterocycles. The van der Waals surface area contributed by atoms with Crippen LogP contribution in [0.2, 0.25) is 0 Å². The number of tetrazole rings is 1. The monoisotopic (exact) mass is 302 g/mol. The molecule has 1 fully saturated rings. The summed E-state index contributed by atoms with van der Waals surface area (Å²) < 4.78 is 1.72. The van der Waals surface area contributed by atoms with Crippen LogP contribution < -0.4 is 5.32 Å². The van der Waals surface area contributed by atoms with Crippen molar-refractivity contribution in [2.45, 2.75) is 12.8 Å². The number of nitrogens with one attached hydrogen (secondary N) is 1. The number of piperidine rings is 1. The van der Waals surface area contributed by atoms with Crippen molar-refractivity contribution in [1.82, 2.24) is 25.1 Å². The minimum absolute atomic E-state index is 0.245. The molecule has 0 bridgehead atoms. The lowest BCUT2D eigenvalue weighted by Crippen LogP contribution is -2.37. The van der Waals surface area contributed by atoms with Crippen molar-refractivity contribution in [1.29, 1.82) is 0 Å². The van der Waals surface area contributed by atoms with Crippen molar-refractivity contribution >= 4 is 5.95 Å². The SMILES string of the molecule is OCCN1CCC(CNc2nnnn2-c2ccccc2)CC1. The number of rotatable bonds is 6. The minimum atomic E-state index is 0.245. The van der Waals surface area contributed by atoms with E-state index >= 15 is 0 Å². The second kappa shape index (κ2) is 7.33. The molecule has 1 aromatic heterocycles. The van der Waals surface area contributed by atoms with Crippen LogP contribution in [0.15, 0.2) is 30.3 Å². The van der Waals surface area contributed by atoms with Crippen LogP contribution in [0.3, 0.4) is 0 Å². The number of aliphatic hydroxyl groups is 1. The molecule has 0 unspecified atom stereocenters. The Morgan fingerprint density at radius 1 is 1.18 bits per heavy atom. The zero-order valence-corrected chi connectivity index (χ0v) is 12.6. The van der Waals surface area contributed by atoms with Gasteiger partial charge in [0.15, 0.2) is 0 Å². The summed E-state index contributed by atoms with van der Waals surface area (Å²) in [7, 11) is 0. The Hall–Kier alpha value is -1.99. The van der Waals surface area contributed by atoms with Crippen LogP contribution in [-0.4, -0.2) is 63.0 Å². The van der Waals surface area contributed by atoms with Crippen LogP contribution in [0.25, 0.3) is 5.69 Å². The number of β-amino-alcohol motifs (C(OH)–C–C–N with tert-alkyl or cyclic N) is 1. The van der Waals surface area contributed by atoms with E-state index in [1.807, 2.05) is 30.3 Å². The summed E-state index contributed by atoms with van der Waals surface area (Å²) in [6, 6.07) is 9.88. The van der Waals surface area contributed by atoms with Crippen LogP contribution in [0, 0.1) is 5.92 Å². The van der Waals surface area contributed by atoms with Crippen LogP contribution >= 0.6 is 0 Å². The van der Waals surface area contributed by atoms with Crippen molar-refractivity contribution in [2.75, 3.05) is 38.1 Å². The van der Waals surface area contributed by atoms with Crippen LogP contribution in [-0.2, 0) is 0 Å². The molecule has 0 saturated carbocycles. The molecule has 0 radical (unpaired) electrons. The van der Waals surface area contributed by atoms with Crippen LogP contribution in [0.4, 0.5) is 5.95 Å². The van der Waals surface area contributed by atoms with Gasteiger partial charge in [-0.1, -0.05) is 23.3 Å². The summed E-state index contributed by atoms with van der Waals surface area (Å²) >= 11 is 0. The van der Waals surface area contributed by atoms with Gasteiger partial charge >= 0.3 is 0 Å². The van der Waals surface area contributed by atoms with Gasteiger partial charge in [-0.3, -0.25) is 0 Å². The molecule has 7 nitrogen and oxygen atoms in total. The predicted octanol–water partition coefficient (Wildman–Crippen LogP) is 0.778. The maximum Gasteiger partial charge on any atom is 0.247 e. The Bertz CT molecular complexity index is 564. The molecule has 2 aromatic rings. The van der Waals surface area contributed by atoms with Crippen LogP contribution in [0.5, 0.6) is 0 Å². The molecule has 2 heterocycles. The molecule has 1 saturated heterocycles. The summed E-state index contributed by atoms with van der Waals surface area (Å²) in [5, 5.41) is 24.2. The standard InChI is InChI=1S/C15H22N6O/c22-11-10-20-8-6-13(7-9-20)12-16-15-17-18-19-21(15)14-4-2-1-3-5-14/h1-5,13,22H,6-12H2,(H,16,17,19). The number of aliphatic hydroxyl groups excluding tert-OH is 1. The highest BCUT2D eigenvalue weighted by molar-refractivity contribution is 5.38. The smallest absolute Gasteiger partial charge is 0.247 e. The third-order valence-corrected chi connectivity index (χ3v) is 4.14. The van der Waals surface area contributed by atoms with Gasteiger partial charge in [-0.05, 0) is 54.4 Å². The van der Waals surface area contributed by atoms with Crippen molar-refractivity contribution < 1.29 is 5.11 Å². The normalized spacial score (nSPS) is 16.8. The summed E-state index contributed by atoms with van der Waals surface area (Å²) in [5.74, 6) is 1.31. The summed E-state index contributed by atoms with van der Waals surface area (Å²) in [5.41, 5.74) is 0.952. The molecule has 0 amide bonds. The fraction of sp³-hybridized carbons (Fsp3) is 0.533. The van der Waals surface area contributed by atoms with Gasteiger partial charge in [0.1, 0.15) is 0 Å². The number of aromatic nitrogens is 4. The predicted molar refractivity (Wildman–Crippen MR) is 83.9 cm³/mol. The van der Waals surface area contributed by atoms with E-state index in [-0.39, 0.29) is 6.61 Å². The lowest BCUT2D eigenvalue weighted by Gasteiger charge is -2.31. The molecule has 0 atom stereocenters. The van der Waals surface area contributed by atoms with Gasteiger partial charge in [-0.2, -0.15) is 4.68 Å². The van der Waals surface area contributed by atoms with E-state index in [9.17, 15) is 0 Å². The molecular weight excluding hydrogens is 280 g/mol. The van der Waals surface area contributed by atoms with Crippen molar-refractivity contribution in [3.63, 3.8) is 0 Å². The molecule has 118 valence electrons. The van der Waals surface area contributed by atoms with Crippen molar-refractivity contribution in [3.8, 4) is 5.69 Å². The fourth-order valence-electron chi connectivity index (χ4n) is 2.83. The van der Waals surface area contributed by atoms with E-state index in [4.69, 9.17) is 5.11 Å². The molecule has 2 N–H and O–H groups in total. The molecular formula is C15H22N6O. The number of anilines is 1. The number of para-hydroxylation sites is 1. The fourth-order valence-corrected chi connectivity index (χ4v) is 2.83. The minimum Gasteiger partial charge on any atom is -0.395 e. The van der Waals surface area contributed by atoms with Gasteiger partial charge < -0.3 is 15.3 Å². The van der Waals surface area contributed by atoms with Gasteiger partial charge in [0.05, 0.1) is 12.3 Å². The Morgan fingerprint density at radius 3 is 2.68 bits per heavy atom. The largest absolute Gasteiger partial charge is 0.395 e. The third-order valence-electron chi connectivity index (χ3n) is 4.14. The molecule has 0 aliphatic carbocycles. The maximum absolute atomic E-state index is 8.97. The number of hydrogen-bond acceptors (Lipinski definition) is 6. The lowest BCUT2D eigenvalue weighted by atomic mass is 9.97. The molecule has 3 rings (SSSR count). The maximum atomic E-state index is 8.97. The number of hydrogen-bond donors (Lipinski definition) is 2. The average Bonchev–Trinajstić information content (AvgIpc) is 3.04. The third kappa shape index (κ3) is 3.61. The first kappa shape index (κ1) is 14.9. The summed E-state index contributed by atoms with van der Waals surface area (Å²) in [4.78, 5) is 2.31. The van der Waals surface area contributed by atoms with Gasteiger partial charge in [0.25, 0.3) is 0 Å². The van der Waals surface area contributed by atoms with Gasteiger partial charge in [-0.25, -0.2) is 0 Å². The Morgan fingerprint density at radius 2 is 1.95 bits per heavy atom. The summed E-state index contributed by atoms with van der Waals surface area (Å²) in [6.07, 6.45) is 2.28. The number of likely N-dealkylation sites (tertiary alicyclic amines) is 1. The first-order valence-corrected chi connectivity index (χ1v) is 7.77. The topological polar surface area (TPSA) is 79.1 Å². The molecule has 1 aromatic carbocycles. The summed E-state index contributed by atoms with van der Waals surface area (Å²) in [6.45, 7) is 4.01. The van der Waals surface area contributed by atoms with E-state index in [0.717, 1.165) is 44.7 Å². The van der Waals surface area contributed by atoms with E-state index in [1.54, 1.807) is 4.68 Å². The first-order chi connectivity index (χ1) is 10.9. The zero-order chi connectivity index (χ0) is 15.2. The Balaban J connectivity index is 1.54. The van der Waals surface area contributed by atoms with Gasteiger partial charge in [0.2, 0.25) is 5.95 Å². The van der Waals surface area contributed by atoms with Crippen molar-refractivity contribution in [2.24, 2.45) is 5.92 Å². The molecule has 0 spiro atoms. The van der Waals surface area contributed by atoms with Crippen LogP contribution in [0.1, 0.15) is 12.8 Å². The van der Waals surface area contributed by atoms with E-state index in [0.29, 0.717) is 11.9 Å². The zero-order valence-electron chi connectivity index (χ0n) is 12.6. The van der Waals surface area contributed by atoms with E-state index in [2.05, 4.69) is 25.7 Å². The lowest BCUT2D eigenvalue weighted by molar-refractivity contribution is 0.151. The van der Waals surface area contributed by atoms with Gasteiger partial charge in [-0.15, -0.1) is 0 Å². The second-order valence-corrected chi connectivity index (χ2v) is 5.64. The first-order valence-electron chi connectivity index (χ1n) is 7.77. The molecule has 22 heavy (non-hydrogen) atoms. The Labute approximate surface area is 129 Å². The van der Waals surface area contributed by atoms with E-state index in [1.165, 1.54) is 0 Å². The highest BCUT2D eigenvalue weighted by Gasteiger charge is 2.19. The second-order valence-electron chi connectivity index (χ2n) is 5.64. The van der Waals surface area contributed by atoms with E-state index < -0.39 is 0 Å². The number of benzene rings is 1. The average molecular weight is 302 g/mol.